The van der Waals surface area contributed by atoms with E-state index in [1.165, 1.54) is 23.7 Å². The standard InChI is InChI=1S/C13H20/c1-8-7-13(8)11-3-9-2-10(5-11)6-12(13)4-9/h8-12H,2-7H2,1H3. The molecule has 0 amide bonds. The van der Waals surface area contributed by atoms with Gasteiger partial charge in [0.2, 0.25) is 0 Å². The zero-order valence-electron chi connectivity index (χ0n) is 8.63. The Hall–Kier alpha value is 0. The van der Waals surface area contributed by atoms with Crippen LogP contribution in [0.2, 0.25) is 0 Å². The van der Waals surface area contributed by atoms with E-state index in [9.17, 15) is 0 Å². The van der Waals surface area contributed by atoms with Crippen LogP contribution in [0.4, 0.5) is 0 Å². The van der Waals surface area contributed by atoms with Gasteiger partial charge in [0.25, 0.3) is 0 Å². The summed E-state index contributed by atoms with van der Waals surface area (Å²) in [6, 6.07) is 0. The van der Waals surface area contributed by atoms with Crippen LogP contribution < -0.4 is 0 Å². The van der Waals surface area contributed by atoms with Gasteiger partial charge in [-0.2, -0.15) is 0 Å². The molecule has 0 heteroatoms. The van der Waals surface area contributed by atoms with Gasteiger partial charge >= 0.3 is 0 Å². The number of hydrogen-bond acceptors (Lipinski definition) is 0. The second-order valence-corrected chi connectivity index (χ2v) is 6.52. The normalized spacial score (nSPS) is 67.6. The summed E-state index contributed by atoms with van der Waals surface area (Å²) in [7, 11) is 0. The molecule has 5 saturated carbocycles. The number of rotatable bonds is 0. The van der Waals surface area contributed by atoms with Crippen molar-refractivity contribution in [2.24, 2.45) is 35.0 Å². The van der Waals surface area contributed by atoms with Crippen LogP contribution in [-0.2, 0) is 0 Å². The fourth-order valence-electron chi connectivity index (χ4n) is 5.67. The zero-order valence-corrected chi connectivity index (χ0v) is 8.63. The summed E-state index contributed by atoms with van der Waals surface area (Å²) in [5.41, 5.74) is 0.910. The maximum Gasteiger partial charge on any atom is -0.0212 e. The van der Waals surface area contributed by atoms with Crippen LogP contribution in [0.1, 0.15) is 45.4 Å². The van der Waals surface area contributed by atoms with Crippen molar-refractivity contribution in [3.8, 4) is 0 Å². The van der Waals surface area contributed by atoms with E-state index in [1.807, 2.05) is 0 Å². The molecule has 0 aliphatic heterocycles. The Morgan fingerprint density at radius 1 is 0.846 bits per heavy atom. The molecule has 1 atom stereocenters. The van der Waals surface area contributed by atoms with Gasteiger partial charge in [-0.3, -0.25) is 0 Å². The Morgan fingerprint density at radius 3 is 1.69 bits per heavy atom. The topological polar surface area (TPSA) is 0 Å². The summed E-state index contributed by atoms with van der Waals surface area (Å²) >= 11 is 0. The van der Waals surface area contributed by atoms with Gasteiger partial charge in [-0.25, -0.2) is 0 Å². The van der Waals surface area contributed by atoms with Crippen LogP contribution in [-0.4, -0.2) is 0 Å². The van der Waals surface area contributed by atoms with Gasteiger partial charge in [-0.05, 0) is 73.5 Å². The molecule has 72 valence electrons. The molecule has 0 radical (unpaired) electrons. The Kier molecular flexibility index (Phi) is 1.12. The first-order chi connectivity index (χ1) is 6.29. The Bertz CT molecular complexity index is 225. The van der Waals surface area contributed by atoms with E-state index in [4.69, 9.17) is 0 Å². The lowest BCUT2D eigenvalue weighted by Gasteiger charge is -2.56. The lowest BCUT2D eigenvalue weighted by Crippen LogP contribution is -2.47. The van der Waals surface area contributed by atoms with Crippen molar-refractivity contribution in [3.05, 3.63) is 0 Å². The van der Waals surface area contributed by atoms with Gasteiger partial charge < -0.3 is 0 Å². The summed E-state index contributed by atoms with van der Waals surface area (Å²) in [4.78, 5) is 0. The van der Waals surface area contributed by atoms with E-state index < -0.39 is 0 Å². The summed E-state index contributed by atoms with van der Waals surface area (Å²) in [6.07, 6.45) is 9.70. The van der Waals surface area contributed by atoms with Gasteiger partial charge in [0.05, 0.1) is 0 Å². The van der Waals surface area contributed by atoms with Gasteiger partial charge in [-0.15, -0.1) is 0 Å². The molecule has 0 nitrogen and oxygen atoms in total. The molecule has 0 N–H and O–H groups in total. The van der Waals surface area contributed by atoms with Crippen molar-refractivity contribution in [2.75, 3.05) is 0 Å². The first-order valence-corrected chi connectivity index (χ1v) is 6.29. The lowest BCUT2D eigenvalue weighted by atomic mass is 9.49. The molecule has 1 spiro atoms. The molecular formula is C13H20. The highest BCUT2D eigenvalue weighted by Gasteiger charge is 2.66. The minimum Gasteiger partial charge on any atom is -0.0619 e. The predicted molar refractivity (Wildman–Crippen MR) is 53.3 cm³/mol. The summed E-state index contributed by atoms with van der Waals surface area (Å²) in [6.45, 7) is 2.52. The smallest absolute Gasteiger partial charge is 0.0212 e. The average molecular weight is 176 g/mol. The first-order valence-electron chi connectivity index (χ1n) is 6.29. The van der Waals surface area contributed by atoms with Crippen LogP contribution in [0.25, 0.3) is 0 Å². The largest absolute Gasteiger partial charge is 0.0619 e. The fourth-order valence-corrected chi connectivity index (χ4v) is 5.67. The van der Waals surface area contributed by atoms with Crippen LogP contribution in [0.15, 0.2) is 0 Å². The molecule has 0 saturated heterocycles. The highest BCUT2D eigenvalue weighted by atomic mass is 14.7. The second-order valence-electron chi connectivity index (χ2n) is 6.52. The molecule has 0 heterocycles. The minimum absolute atomic E-state index is 0.910. The van der Waals surface area contributed by atoms with E-state index >= 15 is 0 Å². The maximum atomic E-state index is 2.52. The van der Waals surface area contributed by atoms with Crippen molar-refractivity contribution < 1.29 is 0 Å². The van der Waals surface area contributed by atoms with Gasteiger partial charge in [0.1, 0.15) is 0 Å². The molecule has 4 bridgehead atoms. The SMILES string of the molecule is CC1CC12C1CC3CC(C1)CC2C3. The van der Waals surface area contributed by atoms with E-state index in [2.05, 4.69) is 6.92 Å². The van der Waals surface area contributed by atoms with Crippen molar-refractivity contribution in [1.29, 1.82) is 0 Å². The molecule has 0 aromatic carbocycles. The van der Waals surface area contributed by atoms with Crippen molar-refractivity contribution in [3.63, 3.8) is 0 Å². The zero-order chi connectivity index (χ0) is 8.63. The van der Waals surface area contributed by atoms with Crippen molar-refractivity contribution in [2.45, 2.75) is 45.4 Å². The highest BCUT2D eigenvalue weighted by molar-refractivity contribution is 5.15. The van der Waals surface area contributed by atoms with Gasteiger partial charge in [-0.1, -0.05) is 6.92 Å². The molecular weight excluding hydrogens is 156 g/mol. The molecule has 0 aromatic heterocycles. The molecule has 13 heavy (non-hydrogen) atoms. The molecule has 5 aliphatic rings. The van der Waals surface area contributed by atoms with Crippen molar-refractivity contribution >= 4 is 0 Å². The second kappa shape index (κ2) is 1.99. The highest BCUT2D eigenvalue weighted by Crippen LogP contribution is 2.74. The minimum atomic E-state index is 0.910. The predicted octanol–water partition coefficient (Wildman–Crippen LogP) is 3.47. The molecule has 0 aromatic rings. The Balaban J connectivity index is 1.75. The van der Waals surface area contributed by atoms with Crippen LogP contribution in [0.5, 0.6) is 0 Å². The molecule has 1 unspecified atom stereocenters. The van der Waals surface area contributed by atoms with Crippen LogP contribution >= 0.6 is 0 Å². The van der Waals surface area contributed by atoms with E-state index in [1.54, 1.807) is 38.5 Å². The van der Waals surface area contributed by atoms with E-state index in [-0.39, 0.29) is 0 Å². The summed E-state index contributed by atoms with van der Waals surface area (Å²) in [5, 5.41) is 0. The number of hydrogen-bond donors (Lipinski definition) is 0. The van der Waals surface area contributed by atoms with Gasteiger partial charge in [0, 0.05) is 0 Å². The van der Waals surface area contributed by atoms with Gasteiger partial charge in [0.15, 0.2) is 0 Å². The Morgan fingerprint density at radius 2 is 1.31 bits per heavy atom. The average Bonchev–Trinajstić information content (AvgIpc) is 2.74. The monoisotopic (exact) mass is 176 g/mol. The van der Waals surface area contributed by atoms with Crippen molar-refractivity contribution in [1.82, 2.24) is 0 Å². The molecule has 5 rings (SSSR count). The summed E-state index contributed by atoms with van der Waals surface area (Å²) < 4.78 is 0. The quantitative estimate of drug-likeness (QED) is 0.530. The van der Waals surface area contributed by atoms with Crippen LogP contribution in [0, 0.1) is 35.0 Å². The van der Waals surface area contributed by atoms with Crippen LogP contribution in [0.3, 0.4) is 0 Å². The van der Waals surface area contributed by atoms with E-state index in [0.29, 0.717) is 0 Å². The first kappa shape index (κ1) is 7.31. The van der Waals surface area contributed by atoms with E-state index in [0.717, 1.165) is 11.3 Å². The fraction of sp³-hybridized carbons (Fsp3) is 1.00. The molecule has 5 aliphatic carbocycles. The third kappa shape index (κ3) is 0.714. The maximum absolute atomic E-state index is 2.52. The lowest BCUT2D eigenvalue weighted by molar-refractivity contribution is -0.0588. The summed E-state index contributed by atoms with van der Waals surface area (Å²) in [5.74, 6) is 5.79. The Labute approximate surface area is 81.1 Å². The third-order valence-corrected chi connectivity index (χ3v) is 6.08. The molecule has 5 fully saturated rings. The third-order valence-electron chi connectivity index (χ3n) is 6.08.